The first-order valence-corrected chi connectivity index (χ1v) is 7.61. The van der Waals surface area contributed by atoms with Crippen LogP contribution < -0.4 is 5.32 Å². The highest BCUT2D eigenvalue weighted by Crippen LogP contribution is 2.32. The number of hydrogen-bond acceptors (Lipinski definition) is 4. The maximum absolute atomic E-state index is 11.9. The molecule has 0 bridgehead atoms. The summed E-state index contributed by atoms with van der Waals surface area (Å²) in [6.45, 7) is -0.206. The van der Waals surface area contributed by atoms with Crippen LogP contribution in [0.3, 0.4) is 0 Å². The SMILES string of the molecule is O=C(CO[C@H]1C[C@@H](OC(F)(F)F)C1)N[C@H]1CC[C@H](C(=O)O)CC1. The van der Waals surface area contributed by atoms with Crippen molar-refractivity contribution in [3.63, 3.8) is 0 Å². The van der Waals surface area contributed by atoms with Gasteiger partial charge in [0, 0.05) is 18.9 Å². The van der Waals surface area contributed by atoms with Gasteiger partial charge < -0.3 is 15.2 Å². The van der Waals surface area contributed by atoms with Gasteiger partial charge in [-0.05, 0) is 25.7 Å². The number of aliphatic carboxylic acids is 1. The second-order valence-electron chi connectivity index (χ2n) is 6.04. The van der Waals surface area contributed by atoms with Crippen LogP contribution in [0, 0.1) is 5.92 Å². The van der Waals surface area contributed by atoms with Crippen molar-refractivity contribution in [1.29, 1.82) is 0 Å². The minimum Gasteiger partial charge on any atom is -0.481 e. The van der Waals surface area contributed by atoms with E-state index in [2.05, 4.69) is 10.1 Å². The van der Waals surface area contributed by atoms with Crippen molar-refractivity contribution in [2.75, 3.05) is 6.61 Å². The van der Waals surface area contributed by atoms with Gasteiger partial charge in [-0.3, -0.25) is 14.3 Å². The van der Waals surface area contributed by atoms with Crippen molar-refractivity contribution in [2.45, 2.75) is 63.1 Å². The number of carbonyl (C=O) groups excluding carboxylic acids is 1. The van der Waals surface area contributed by atoms with Crippen LogP contribution in [-0.2, 0) is 19.1 Å². The van der Waals surface area contributed by atoms with Gasteiger partial charge in [0.15, 0.2) is 0 Å². The molecule has 0 unspecified atom stereocenters. The third kappa shape index (κ3) is 5.98. The van der Waals surface area contributed by atoms with Crippen LogP contribution in [0.5, 0.6) is 0 Å². The van der Waals surface area contributed by atoms with Crippen LogP contribution in [0.25, 0.3) is 0 Å². The Bertz CT molecular complexity index is 429. The smallest absolute Gasteiger partial charge is 0.481 e. The zero-order valence-electron chi connectivity index (χ0n) is 12.5. The van der Waals surface area contributed by atoms with Gasteiger partial charge in [-0.15, -0.1) is 13.2 Å². The van der Waals surface area contributed by atoms with E-state index in [9.17, 15) is 22.8 Å². The van der Waals surface area contributed by atoms with Gasteiger partial charge in [0.05, 0.1) is 18.1 Å². The fourth-order valence-corrected chi connectivity index (χ4v) is 2.89. The molecule has 0 aromatic carbocycles. The lowest BCUT2D eigenvalue weighted by atomic mass is 9.86. The maximum atomic E-state index is 11.9. The quantitative estimate of drug-likeness (QED) is 0.771. The number of halogens is 3. The van der Waals surface area contributed by atoms with Crippen molar-refractivity contribution in [3.8, 4) is 0 Å². The predicted molar refractivity (Wildman–Crippen MR) is 71.4 cm³/mol. The molecule has 0 radical (unpaired) electrons. The third-order valence-electron chi connectivity index (χ3n) is 4.24. The molecule has 2 fully saturated rings. The monoisotopic (exact) mass is 339 g/mol. The Labute approximate surface area is 131 Å². The van der Waals surface area contributed by atoms with Crippen LogP contribution in [0.15, 0.2) is 0 Å². The zero-order chi connectivity index (χ0) is 17.0. The van der Waals surface area contributed by atoms with E-state index in [4.69, 9.17) is 9.84 Å². The molecule has 0 heterocycles. The van der Waals surface area contributed by atoms with Gasteiger partial charge in [-0.1, -0.05) is 0 Å². The number of nitrogens with one attached hydrogen (secondary N) is 1. The lowest BCUT2D eigenvalue weighted by Gasteiger charge is -2.35. The molecule has 2 N–H and O–H groups in total. The first kappa shape index (κ1) is 18.0. The van der Waals surface area contributed by atoms with Crippen molar-refractivity contribution in [3.05, 3.63) is 0 Å². The lowest BCUT2D eigenvalue weighted by molar-refractivity contribution is -0.357. The van der Waals surface area contributed by atoms with Crippen molar-refractivity contribution in [1.82, 2.24) is 5.32 Å². The van der Waals surface area contributed by atoms with Gasteiger partial charge in [0.1, 0.15) is 6.61 Å². The third-order valence-corrected chi connectivity index (χ3v) is 4.24. The van der Waals surface area contributed by atoms with Crippen molar-refractivity contribution >= 4 is 11.9 Å². The number of amides is 1. The predicted octanol–water partition coefficient (Wildman–Crippen LogP) is 1.83. The number of carboxylic acid groups (broad SMARTS) is 1. The minimum atomic E-state index is -4.64. The summed E-state index contributed by atoms with van der Waals surface area (Å²) in [5.41, 5.74) is 0. The van der Waals surface area contributed by atoms with Crippen LogP contribution in [0.1, 0.15) is 38.5 Å². The van der Waals surface area contributed by atoms with Crippen LogP contribution >= 0.6 is 0 Å². The van der Waals surface area contributed by atoms with E-state index in [1.165, 1.54) is 0 Å². The Hall–Kier alpha value is -1.35. The van der Waals surface area contributed by atoms with Crippen LogP contribution in [-0.4, -0.2) is 48.2 Å². The number of rotatable bonds is 6. The molecular formula is C14H20F3NO5. The molecular weight excluding hydrogens is 319 g/mol. The molecule has 2 aliphatic rings. The van der Waals surface area contributed by atoms with Crippen molar-refractivity contribution in [2.24, 2.45) is 5.92 Å². The first-order valence-electron chi connectivity index (χ1n) is 7.61. The molecule has 0 atom stereocenters. The second kappa shape index (κ2) is 7.48. The Balaban J connectivity index is 1.56. The molecule has 0 aliphatic heterocycles. The number of hydrogen-bond donors (Lipinski definition) is 2. The van der Waals surface area contributed by atoms with Gasteiger partial charge >= 0.3 is 12.3 Å². The molecule has 1 amide bonds. The summed E-state index contributed by atoms with van der Waals surface area (Å²) in [7, 11) is 0. The maximum Gasteiger partial charge on any atom is 0.522 e. The van der Waals surface area contributed by atoms with E-state index in [0.717, 1.165) is 0 Å². The molecule has 0 aromatic rings. The van der Waals surface area contributed by atoms with Gasteiger partial charge in [0.2, 0.25) is 5.91 Å². The molecule has 0 aromatic heterocycles. The molecule has 132 valence electrons. The number of ether oxygens (including phenoxy) is 2. The Morgan fingerprint density at radius 2 is 1.70 bits per heavy atom. The average molecular weight is 339 g/mol. The van der Waals surface area contributed by atoms with Gasteiger partial charge in [-0.2, -0.15) is 0 Å². The molecule has 9 heteroatoms. The second-order valence-corrected chi connectivity index (χ2v) is 6.04. The highest BCUT2D eigenvalue weighted by Gasteiger charge is 2.40. The van der Waals surface area contributed by atoms with Crippen LogP contribution in [0.4, 0.5) is 13.2 Å². The largest absolute Gasteiger partial charge is 0.522 e. The van der Waals surface area contributed by atoms with E-state index in [0.29, 0.717) is 25.7 Å². The van der Waals surface area contributed by atoms with Gasteiger partial charge in [-0.25, -0.2) is 0 Å². The lowest BCUT2D eigenvalue weighted by Crippen LogP contribution is -2.44. The summed E-state index contributed by atoms with van der Waals surface area (Å²) < 4.78 is 44.9. The summed E-state index contributed by atoms with van der Waals surface area (Å²) in [6.07, 6.45) is -3.42. The molecule has 0 spiro atoms. The van der Waals surface area contributed by atoms with Crippen molar-refractivity contribution < 1.29 is 37.3 Å². The fourth-order valence-electron chi connectivity index (χ4n) is 2.89. The number of carbonyl (C=O) groups is 2. The summed E-state index contributed by atoms with van der Waals surface area (Å²) in [6, 6.07) is -0.0654. The molecule has 2 rings (SSSR count). The van der Waals surface area contributed by atoms with Crippen LogP contribution in [0.2, 0.25) is 0 Å². The molecule has 0 saturated heterocycles. The van der Waals surface area contributed by atoms with E-state index < -0.39 is 24.5 Å². The standard InChI is InChI=1S/C14H20F3NO5/c15-14(16,17)23-11-5-10(6-11)22-7-12(19)18-9-3-1-8(2-4-9)13(20)21/h8-11H,1-7H2,(H,18,19)(H,20,21)/t8-,9-,10-,11+. The van der Waals surface area contributed by atoms with E-state index >= 15 is 0 Å². The zero-order valence-corrected chi connectivity index (χ0v) is 12.5. The minimum absolute atomic E-state index is 0.0654. The molecule has 23 heavy (non-hydrogen) atoms. The Morgan fingerprint density at radius 1 is 1.09 bits per heavy atom. The van der Waals surface area contributed by atoms with E-state index in [1.54, 1.807) is 0 Å². The summed E-state index contributed by atoms with van der Waals surface area (Å²) in [5.74, 6) is -1.48. The summed E-state index contributed by atoms with van der Waals surface area (Å²) in [5, 5.41) is 11.7. The summed E-state index contributed by atoms with van der Waals surface area (Å²) in [4.78, 5) is 22.5. The Kier molecular flexibility index (Phi) is 5.85. The fraction of sp³-hybridized carbons (Fsp3) is 0.857. The highest BCUT2D eigenvalue weighted by molar-refractivity contribution is 5.77. The topological polar surface area (TPSA) is 84.9 Å². The van der Waals surface area contributed by atoms with Gasteiger partial charge in [0.25, 0.3) is 0 Å². The molecule has 2 saturated carbocycles. The van der Waals surface area contributed by atoms with E-state index in [1.807, 2.05) is 0 Å². The van der Waals surface area contributed by atoms with E-state index in [-0.39, 0.29) is 37.3 Å². The number of carboxylic acids is 1. The average Bonchev–Trinajstić information content (AvgIpc) is 2.40. The highest BCUT2D eigenvalue weighted by atomic mass is 19.4. The molecule has 2 aliphatic carbocycles. The summed E-state index contributed by atoms with van der Waals surface area (Å²) >= 11 is 0. The number of alkyl halides is 3. The normalized spacial score (nSPS) is 31.3. The Morgan fingerprint density at radius 3 is 2.22 bits per heavy atom. The first-order chi connectivity index (χ1) is 10.7. The molecule has 6 nitrogen and oxygen atoms in total.